The zero-order valence-corrected chi connectivity index (χ0v) is 13.1. The summed E-state index contributed by atoms with van der Waals surface area (Å²) in [6, 6.07) is 8.79. The highest BCUT2D eigenvalue weighted by molar-refractivity contribution is 5.94. The van der Waals surface area contributed by atoms with Gasteiger partial charge in [0.15, 0.2) is 0 Å². The summed E-state index contributed by atoms with van der Waals surface area (Å²) in [4.78, 5) is 28.2. The molecule has 0 atom stereocenters. The standard InChI is InChI=1S/C17H21N3O2/c1-13(2)16(21)19-7-4-8-20(10-9-19)17(22)15-6-3-5-14(11-15)12-18/h3,5-6,11,13H,4,7-10H2,1-2H3. The zero-order valence-electron chi connectivity index (χ0n) is 13.1. The molecule has 22 heavy (non-hydrogen) atoms. The molecule has 0 spiro atoms. The number of benzene rings is 1. The van der Waals surface area contributed by atoms with Gasteiger partial charge in [0, 0.05) is 37.7 Å². The van der Waals surface area contributed by atoms with Crippen LogP contribution in [0.4, 0.5) is 0 Å². The fourth-order valence-corrected chi connectivity index (χ4v) is 2.61. The van der Waals surface area contributed by atoms with Crippen molar-refractivity contribution in [2.45, 2.75) is 20.3 Å². The van der Waals surface area contributed by atoms with Gasteiger partial charge >= 0.3 is 0 Å². The Kier molecular flexibility index (Phi) is 5.16. The molecule has 116 valence electrons. The summed E-state index contributed by atoms with van der Waals surface area (Å²) in [7, 11) is 0. The van der Waals surface area contributed by atoms with Crippen LogP contribution in [0.2, 0.25) is 0 Å². The first-order valence-electron chi connectivity index (χ1n) is 7.61. The predicted molar refractivity (Wildman–Crippen MR) is 83.1 cm³/mol. The average molecular weight is 299 g/mol. The Balaban J connectivity index is 2.06. The van der Waals surface area contributed by atoms with Crippen molar-refractivity contribution in [3.8, 4) is 6.07 Å². The molecule has 1 aliphatic rings. The second kappa shape index (κ2) is 7.08. The van der Waals surface area contributed by atoms with E-state index in [1.807, 2.05) is 24.8 Å². The van der Waals surface area contributed by atoms with Crippen LogP contribution in [0.1, 0.15) is 36.2 Å². The minimum atomic E-state index is -0.0732. The molecule has 0 N–H and O–H groups in total. The lowest BCUT2D eigenvalue weighted by Gasteiger charge is -2.23. The molecule has 5 heteroatoms. The minimum Gasteiger partial charge on any atom is -0.341 e. The first-order chi connectivity index (χ1) is 10.5. The highest BCUT2D eigenvalue weighted by Crippen LogP contribution is 2.12. The fraction of sp³-hybridized carbons (Fsp3) is 0.471. The maximum Gasteiger partial charge on any atom is 0.253 e. The third kappa shape index (κ3) is 3.64. The molecule has 0 bridgehead atoms. The normalized spacial score (nSPS) is 15.4. The summed E-state index contributed by atoms with van der Waals surface area (Å²) in [5, 5.41) is 8.93. The van der Waals surface area contributed by atoms with Crippen LogP contribution < -0.4 is 0 Å². The Labute approximate surface area is 131 Å². The van der Waals surface area contributed by atoms with E-state index in [0.717, 1.165) is 6.42 Å². The van der Waals surface area contributed by atoms with E-state index in [2.05, 4.69) is 0 Å². The van der Waals surface area contributed by atoms with E-state index < -0.39 is 0 Å². The summed E-state index contributed by atoms with van der Waals surface area (Å²) < 4.78 is 0. The second-order valence-corrected chi connectivity index (χ2v) is 5.82. The monoisotopic (exact) mass is 299 g/mol. The highest BCUT2D eigenvalue weighted by atomic mass is 16.2. The molecule has 0 aliphatic carbocycles. The topological polar surface area (TPSA) is 64.4 Å². The van der Waals surface area contributed by atoms with Gasteiger partial charge in [-0.2, -0.15) is 5.26 Å². The minimum absolute atomic E-state index is 0.0189. The number of carbonyl (C=O) groups is 2. The number of nitriles is 1. The molecule has 1 aliphatic heterocycles. The molecule has 0 saturated carbocycles. The van der Waals surface area contributed by atoms with Crippen LogP contribution in [0.3, 0.4) is 0 Å². The van der Waals surface area contributed by atoms with E-state index in [1.54, 1.807) is 29.2 Å². The Morgan fingerprint density at radius 1 is 1.14 bits per heavy atom. The lowest BCUT2D eigenvalue weighted by Crippen LogP contribution is -2.39. The number of carbonyl (C=O) groups excluding carboxylic acids is 2. The maximum atomic E-state index is 12.5. The molecular weight excluding hydrogens is 278 g/mol. The van der Waals surface area contributed by atoms with Gasteiger partial charge in [-0.15, -0.1) is 0 Å². The summed E-state index contributed by atoms with van der Waals surface area (Å²) in [6.07, 6.45) is 0.780. The van der Waals surface area contributed by atoms with Gasteiger partial charge in [-0.25, -0.2) is 0 Å². The van der Waals surface area contributed by atoms with E-state index in [1.165, 1.54) is 0 Å². The molecule has 2 amide bonds. The molecular formula is C17H21N3O2. The summed E-state index contributed by atoms with van der Waals surface area (Å²) in [6.45, 7) is 6.22. The van der Waals surface area contributed by atoms with Crippen molar-refractivity contribution in [1.82, 2.24) is 9.80 Å². The van der Waals surface area contributed by atoms with E-state index in [0.29, 0.717) is 37.3 Å². The van der Waals surface area contributed by atoms with Crippen molar-refractivity contribution in [2.75, 3.05) is 26.2 Å². The quantitative estimate of drug-likeness (QED) is 0.837. The van der Waals surface area contributed by atoms with Crippen LogP contribution in [-0.4, -0.2) is 47.8 Å². The van der Waals surface area contributed by atoms with E-state index in [-0.39, 0.29) is 17.7 Å². The van der Waals surface area contributed by atoms with Crippen LogP contribution in [0.5, 0.6) is 0 Å². The van der Waals surface area contributed by atoms with Crippen LogP contribution in [0.15, 0.2) is 24.3 Å². The smallest absolute Gasteiger partial charge is 0.253 e. The molecule has 0 radical (unpaired) electrons. The SMILES string of the molecule is CC(C)C(=O)N1CCCN(C(=O)c2cccc(C#N)c2)CC1. The number of rotatable bonds is 2. The molecule has 1 aromatic rings. The molecule has 1 fully saturated rings. The van der Waals surface area contributed by atoms with Gasteiger partial charge in [-0.1, -0.05) is 19.9 Å². The molecule has 0 aromatic heterocycles. The van der Waals surface area contributed by atoms with Gasteiger partial charge in [0.25, 0.3) is 5.91 Å². The van der Waals surface area contributed by atoms with Crippen molar-refractivity contribution in [3.05, 3.63) is 35.4 Å². The van der Waals surface area contributed by atoms with Gasteiger partial charge in [-0.05, 0) is 24.6 Å². The van der Waals surface area contributed by atoms with Gasteiger partial charge in [0.2, 0.25) is 5.91 Å². The predicted octanol–water partition coefficient (Wildman–Crippen LogP) is 1.89. The first-order valence-corrected chi connectivity index (χ1v) is 7.61. The van der Waals surface area contributed by atoms with Gasteiger partial charge in [0.05, 0.1) is 11.6 Å². The molecule has 1 heterocycles. The maximum absolute atomic E-state index is 12.5. The van der Waals surface area contributed by atoms with Crippen molar-refractivity contribution in [2.24, 2.45) is 5.92 Å². The average Bonchev–Trinajstić information content (AvgIpc) is 2.79. The van der Waals surface area contributed by atoms with E-state index >= 15 is 0 Å². The highest BCUT2D eigenvalue weighted by Gasteiger charge is 2.24. The fourth-order valence-electron chi connectivity index (χ4n) is 2.61. The van der Waals surface area contributed by atoms with Crippen LogP contribution >= 0.6 is 0 Å². The molecule has 1 saturated heterocycles. The number of nitrogens with zero attached hydrogens (tertiary/aromatic N) is 3. The number of hydrogen-bond donors (Lipinski definition) is 0. The third-order valence-corrected chi connectivity index (χ3v) is 3.83. The molecule has 5 nitrogen and oxygen atoms in total. The lowest BCUT2D eigenvalue weighted by molar-refractivity contribution is -0.134. The largest absolute Gasteiger partial charge is 0.341 e. The van der Waals surface area contributed by atoms with Gasteiger partial charge in [-0.3, -0.25) is 9.59 Å². The van der Waals surface area contributed by atoms with Crippen LogP contribution in [0, 0.1) is 17.2 Å². The summed E-state index contributed by atoms with van der Waals surface area (Å²) in [5.41, 5.74) is 1.01. The third-order valence-electron chi connectivity index (χ3n) is 3.83. The van der Waals surface area contributed by atoms with Gasteiger partial charge in [0.1, 0.15) is 0 Å². The van der Waals surface area contributed by atoms with Crippen molar-refractivity contribution < 1.29 is 9.59 Å². The zero-order chi connectivity index (χ0) is 16.1. The first kappa shape index (κ1) is 16.0. The van der Waals surface area contributed by atoms with E-state index in [4.69, 9.17) is 5.26 Å². The Morgan fingerprint density at radius 2 is 1.82 bits per heavy atom. The number of hydrogen-bond acceptors (Lipinski definition) is 3. The Bertz CT molecular complexity index is 604. The second-order valence-electron chi connectivity index (χ2n) is 5.82. The van der Waals surface area contributed by atoms with E-state index in [9.17, 15) is 9.59 Å². The van der Waals surface area contributed by atoms with Gasteiger partial charge < -0.3 is 9.80 Å². The Morgan fingerprint density at radius 3 is 2.50 bits per heavy atom. The van der Waals surface area contributed by atoms with Crippen molar-refractivity contribution >= 4 is 11.8 Å². The molecule has 1 aromatic carbocycles. The summed E-state index contributed by atoms with van der Waals surface area (Å²) >= 11 is 0. The molecule has 2 rings (SSSR count). The van der Waals surface area contributed by atoms with Crippen LogP contribution in [-0.2, 0) is 4.79 Å². The van der Waals surface area contributed by atoms with Crippen molar-refractivity contribution in [1.29, 1.82) is 5.26 Å². The lowest BCUT2D eigenvalue weighted by atomic mass is 10.1. The number of amides is 2. The molecule has 0 unspecified atom stereocenters. The Hall–Kier alpha value is -2.35. The summed E-state index contributed by atoms with van der Waals surface area (Å²) in [5.74, 6) is 0.0475. The van der Waals surface area contributed by atoms with Crippen LogP contribution in [0.25, 0.3) is 0 Å². The van der Waals surface area contributed by atoms with Crippen molar-refractivity contribution in [3.63, 3.8) is 0 Å².